The zero-order valence-electron chi connectivity index (χ0n) is 9.79. The molecule has 17 heavy (non-hydrogen) atoms. The van der Waals surface area contributed by atoms with Crippen molar-refractivity contribution < 1.29 is 4.79 Å². The summed E-state index contributed by atoms with van der Waals surface area (Å²) in [7, 11) is 0. The number of rotatable bonds is 2. The Morgan fingerprint density at radius 2 is 2.00 bits per heavy atom. The molecule has 1 aromatic heterocycles. The lowest BCUT2D eigenvalue weighted by atomic mass is 9.87. The van der Waals surface area contributed by atoms with E-state index in [1.54, 1.807) is 0 Å². The number of hydrogen-bond donors (Lipinski definition) is 2. The lowest BCUT2D eigenvalue weighted by Gasteiger charge is -2.25. The topological polar surface area (TPSA) is 80.9 Å². The molecule has 1 aromatic rings. The molecule has 0 bridgehead atoms. The van der Waals surface area contributed by atoms with Crippen molar-refractivity contribution in [3.63, 3.8) is 0 Å². The van der Waals surface area contributed by atoms with Gasteiger partial charge in [0.1, 0.15) is 11.0 Å². The molecule has 0 radical (unpaired) electrons. The maximum Gasteiger partial charge on any atom is 0.242 e. The summed E-state index contributed by atoms with van der Waals surface area (Å²) in [5.74, 6) is -0.108. The second-order valence-electron chi connectivity index (χ2n) is 4.68. The van der Waals surface area contributed by atoms with Crippen molar-refractivity contribution in [3.05, 3.63) is 16.5 Å². The van der Waals surface area contributed by atoms with E-state index in [4.69, 9.17) is 28.9 Å². The Bertz CT molecular complexity index is 411. The van der Waals surface area contributed by atoms with Crippen molar-refractivity contribution in [2.24, 2.45) is 11.1 Å². The monoisotopic (exact) mass is 276 g/mol. The molecule has 0 aromatic carbocycles. The number of halogens is 2. The van der Waals surface area contributed by atoms with Gasteiger partial charge in [0.05, 0.1) is 6.04 Å². The van der Waals surface area contributed by atoms with Crippen LogP contribution in [0.1, 0.15) is 20.8 Å². The molecule has 1 heterocycles. The molecule has 0 fully saturated rings. The van der Waals surface area contributed by atoms with Crippen LogP contribution in [0.25, 0.3) is 0 Å². The molecule has 1 atom stereocenters. The molecule has 0 aliphatic heterocycles. The number of anilines is 1. The molecule has 0 spiro atoms. The van der Waals surface area contributed by atoms with Crippen LogP contribution < -0.4 is 11.1 Å². The SMILES string of the molecule is CC(C)(C)[C@H](N)C(=O)Nc1cc(Cl)nc(Cl)n1. The standard InChI is InChI=1S/C10H14Cl2N4O/c1-10(2,3)7(13)8(17)15-6-4-5(11)14-9(12)16-6/h4,7H,13H2,1-3H3,(H,14,15,16,17)/t7-/m1/s1. The normalized spacial score (nSPS) is 13.3. The smallest absolute Gasteiger partial charge is 0.242 e. The lowest BCUT2D eigenvalue weighted by molar-refractivity contribution is -0.119. The highest BCUT2D eigenvalue weighted by molar-refractivity contribution is 6.32. The minimum atomic E-state index is -0.657. The highest BCUT2D eigenvalue weighted by Crippen LogP contribution is 2.19. The molecular formula is C10H14Cl2N4O. The second-order valence-corrected chi connectivity index (χ2v) is 5.40. The molecule has 1 amide bonds. The average Bonchev–Trinajstić information content (AvgIpc) is 2.13. The van der Waals surface area contributed by atoms with Crippen molar-refractivity contribution in [2.75, 3.05) is 5.32 Å². The summed E-state index contributed by atoms with van der Waals surface area (Å²) >= 11 is 11.3. The fourth-order valence-corrected chi connectivity index (χ4v) is 1.46. The maximum absolute atomic E-state index is 11.8. The van der Waals surface area contributed by atoms with Crippen LogP contribution >= 0.6 is 23.2 Å². The van der Waals surface area contributed by atoms with E-state index in [9.17, 15) is 4.79 Å². The quantitative estimate of drug-likeness (QED) is 0.640. The molecule has 1 rings (SSSR count). The van der Waals surface area contributed by atoms with Gasteiger partial charge in [-0.15, -0.1) is 0 Å². The first-order chi connectivity index (χ1) is 7.70. The van der Waals surface area contributed by atoms with Crippen LogP contribution in [-0.4, -0.2) is 21.9 Å². The number of carbonyl (C=O) groups is 1. The predicted octanol–water partition coefficient (Wildman–Crippen LogP) is 2.10. The molecule has 94 valence electrons. The van der Waals surface area contributed by atoms with Gasteiger partial charge in [0.15, 0.2) is 0 Å². The molecule has 0 unspecified atom stereocenters. The van der Waals surface area contributed by atoms with Crippen LogP contribution in [0.4, 0.5) is 5.82 Å². The van der Waals surface area contributed by atoms with Gasteiger partial charge in [0.2, 0.25) is 11.2 Å². The van der Waals surface area contributed by atoms with Gasteiger partial charge in [-0.25, -0.2) is 9.97 Å². The Morgan fingerprint density at radius 1 is 1.41 bits per heavy atom. The van der Waals surface area contributed by atoms with Crippen molar-refractivity contribution in [1.82, 2.24) is 9.97 Å². The van der Waals surface area contributed by atoms with E-state index in [1.807, 2.05) is 20.8 Å². The van der Waals surface area contributed by atoms with E-state index >= 15 is 0 Å². The van der Waals surface area contributed by atoms with Gasteiger partial charge in [-0.05, 0) is 17.0 Å². The van der Waals surface area contributed by atoms with Crippen LogP contribution in [0.15, 0.2) is 6.07 Å². The van der Waals surface area contributed by atoms with Gasteiger partial charge in [-0.3, -0.25) is 4.79 Å². The van der Waals surface area contributed by atoms with Crippen molar-refractivity contribution in [1.29, 1.82) is 0 Å². The van der Waals surface area contributed by atoms with E-state index in [2.05, 4.69) is 15.3 Å². The van der Waals surface area contributed by atoms with E-state index < -0.39 is 6.04 Å². The number of aromatic nitrogens is 2. The minimum Gasteiger partial charge on any atom is -0.319 e. The van der Waals surface area contributed by atoms with Gasteiger partial charge < -0.3 is 11.1 Å². The molecule has 7 heteroatoms. The van der Waals surface area contributed by atoms with E-state index in [0.29, 0.717) is 0 Å². The number of amides is 1. The minimum absolute atomic E-state index is 0.0304. The average molecular weight is 277 g/mol. The molecule has 3 N–H and O–H groups in total. The number of carbonyl (C=O) groups excluding carboxylic acids is 1. The zero-order valence-corrected chi connectivity index (χ0v) is 11.3. The van der Waals surface area contributed by atoms with Crippen LogP contribution in [0.3, 0.4) is 0 Å². The summed E-state index contributed by atoms with van der Waals surface area (Å²) in [6.45, 7) is 5.62. The van der Waals surface area contributed by atoms with E-state index in [1.165, 1.54) is 6.07 Å². The van der Waals surface area contributed by atoms with Crippen LogP contribution in [0.2, 0.25) is 10.4 Å². The van der Waals surface area contributed by atoms with Crippen LogP contribution in [-0.2, 0) is 4.79 Å². The number of nitrogens with two attached hydrogens (primary N) is 1. The largest absolute Gasteiger partial charge is 0.319 e. The third-order valence-corrected chi connectivity index (χ3v) is 2.50. The Balaban J connectivity index is 2.81. The number of nitrogens with one attached hydrogen (secondary N) is 1. The fraction of sp³-hybridized carbons (Fsp3) is 0.500. The van der Waals surface area contributed by atoms with Crippen molar-refractivity contribution in [2.45, 2.75) is 26.8 Å². The highest BCUT2D eigenvalue weighted by atomic mass is 35.5. The van der Waals surface area contributed by atoms with Gasteiger partial charge in [-0.1, -0.05) is 32.4 Å². The molecule has 0 saturated carbocycles. The van der Waals surface area contributed by atoms with Crippen molar-refractivity contribution >= 4 is 34.9 Å². The summed E-state index contributed by atoms with van der Waals surface area (Å²) in [5.41, 5.74) is 5.45. The molecule has 5 nitrogen and oxygen atoms in total. The van der Waals surface area contributed by atoms with E-state index in [-0.39, 0.29) is 27.6 Å². The Hall–Kier alpha value is -0.910. The first-order valence-corrected chi connectivity index (χ1v) is 5.72. The van der Waals surface area contributed by atoms with E-state index in [0.717, 1.165) is 0 Å². The molecular weight excluding hydrogens is 263 g/mol. The first-order valence-electron chi connectivity index (χ1n) is 4.96. The van der Waals surface area contributed by atoms with Gasteiger partial charge >= 0.3 is 0 Å². The third-order valence-electron chi connectivity index (χ3n) is 2.13. The maximum atomic E-state index is 11.8. The lowest BCUT2D eigenvalue weighted by Crippen LogP contribution is -2.45. The molecule has 0 saturated heterocycles. The first kappa shape index (κ1) is 14.2. The summed E-state index contributed by atoms with van der Waals surface area (Å²) in [4.78, 5) is 19.3. The fourth-order valence-electron chi connectivity index (χ4n) is 1.05. The molecule has 0 aliphatic rings. The van der Waals surface area contributed by atoms with Gasteiger partial charge in [0.25, 0.3) is 0 Å². The van der Waals surface area contributed by atoms with Gasteiger partial charge in [0, 0.05) is 6.07 Å². The van der Waals surface area contributed by atoms with Crippen molar-refractivity contribution in [3.8, 4) is 0 Å². The summed E-state index contributed by atoms with van der Waals surface area (Å²) in [5, 5.41) is 2.67. The second kappa shape index (κ2) is 5.16. The highest BCUT2D eigenvalue weighted by Gasteiger charge is 2.27. The number of hydrogen-bond acceptors (Lipinski definition) is 4. The Kier molecular flexibility index (Phi) is 4.30. The molecule has 0 aliphatic carbocycles. The third kappa shape index (κ3) is 4.11. The summed E-state index contributed by atoms with van der Waals surface area (Å²) < 4.78 is 0. The summed E-state index contributed by atoms with van der Waals surface area (Å²) in [6.07, 6.45) is 0. The predicted molar refractivity (Wildman–Crippen MR) is 68.1 cm³/mol. The van der Waals surface area contributed by atoms with Crippen LogP contribution in [0, 0.1) is 5.41 Å². The zero-order chi connectivity index (χ0) is 13.2. The summed E-state index contributed by atoms with van der Waals surface area (Å²) in [6, 6.07) is 0.746. The van der Waals surface area contributed by atoms with Gasteiger partial charge in [-0.2, -0.15) is 0 Å². The number of nitrogens with zero attached hydrogens (tertiary/aromatic N) is 2. The Morgan fingerprint density at radius 3 is 2.47 bits per heavy atom. The van der Waals surface area contributed by atoms with Crippen LogP contribution in [0.5, 0.6) is 0 Å². The Labute approximate surface area is 110 Å².